The minimum atomic E-state index is 1.07. The Morgan fingerprint density at radius 1 is 1.30 bits per heavy atom. The molecule has 3 heteroatoms. The minimum Gasteiger partial charge on any atom is -0.348 e. The summed E-state index contributed by atoms with van der Waals surface area (Å²) < 4.78 is 0. The molecule has 1 aromatic heterocycles. The Balaban J connectivity index is 2.28. The molecule has 2 N–H and O–H groups in total. The zero-order valence-electron chi connectivity index (χ0n) is 5.85. The van der Waals surface area contributed by atoms with E-state index in [1.54, 1.807) is 6.33 Å². The second-order valence-corrected chi connectivity index (χ2v) is 2.58. The first-order valence-electron chi connectivity index (χ1n) is 3.68. The maximum absolute atomic E-state index is 4.22. The molecule has 2 rings (SSSR count). The van der Waals surface area contributed by atoms with E-state index in [1.165, 1.54) is 11.4 Å². The minimum absolute atomic E-state index is 1.07. The zero-order valence-corrected chi connectivity index (χ0v) is 5.85. The molecule has 0 spiro atoms. The number of nitrogens with zero attached hydrogens (tertiary/aromatic N) is 1. The molecule has 2 heterocycles. The van der Waals surface area contributed by atoms with E-state index >= 15 is 0 Å². The number of nitrogens with one attached hydrogen (secondary N) is 2. The van der Waals surface area contributed by atoms with E-state index in [9.17, 15) is 0 Å². The topological polar surface area (TPSA) is 40.7 Å². The summed E-state index contributed by atoms with van der Waals surface area (Å²) in [6.07, 6.45) is 3.95. The quantitative estimate of drug-likeness (QED) is 0.532. The van der Waals surface area contributed by atoms with Gasteiger partial charge in [-0.15, -0.1) is 0 Å². The molecule has 0 atom stereocenters. The van der Waals surface area contributed by atoms with Crippen LogP contribution < -0.4 is 5.32 Å². The normalized spacial score (nSPS) is 18.0. The van der Waals surface area contributed by atoms with Gasteiger partial charge in [0.15, 0.2) is 0 Å². The van der Waals surface area contributed by atoms with Crippen LogP contribution in [0.3, 0.4) is 0 Å². The molecule has 0 saturated carbocycles. The Hall–Kier alpha value is -0.830. The van der Waals surface area contributed by atoms with Crippen LogP contribution in [-0.2, 0) is 12.8 Å². The van der Waals surface area contributed by atoms with Gasteiger partial charge >= 0.3 is 0 Å². The van der Waals surface area contributed by atoms with E-state index in [0.717, 1.165) is 25.9 Å². The third kappa shape index (κ3) is 0.926. The molecule has 0 amide bonds. The lowest BCUT2D eigenvalue weighted by atomic mass is 10.2. The average molecular weight is 137 g/mol. The molecule has 1 aromatic rings. The Kier molecular flexibility index (Phi) is 1.43. The van der Waals surface area contributed by atoms with E-state index in [-0.39, 0.29) is 0 Å². The van der Waals surface area contributed by atoms with Crippen LogP contribution in [0.4, 0.5) is 0 Å². The van der Waals surface area contributed by atoms with Gasteiger partial charge < -0.3 is 10.3 Å². The number of rotatable bonds is 0. The molecule has 0 bridgehead atoms. The molecule has 1 aliphatic rings. The molecular formula is C7H11N3. The number of H-pyrrole nitrogens is 1. The highest BCUT2D eigenvalue weighted by atomic mass is 14.9. The summed E-state index contributed by atoms with van der Waals surface area (Å²) >= 11 is 0. The molecule has 1 aliphatic heterocycles. The predicted molar refractivity (Wildman–Crippen MR) is 38.9 cm³/mol. The SMILES string of the molecule is c1nc2c([nH]1)CCNCC2. The van der Waals surface area contributed by atoms with Crippen molar-refractivity contribution < 1.29 is 0 Å². The maximum atomic E-state index is 4.22. The molecule has 10 heavy (non-hydrogen) atoms. The largest absolute Gasteiger partial charge is 0.348 e. The van der Waals surface area contributed by atoms with Gasteiger partial charge in [0.1, 0.15) is 0 Å². The van der Waals surface area contributed by atoms with Crippen LogP contribution in [0, 0.1) is 0 Å². The molecule has 0 saturated heterocycles. The molecule has 0 aliphatic carbocycles. The molecular weight excluding hydrogens is 126 g/mol. The highest BCUT2D eigenvalue weighted by molar-refractivity contribution is 5.13. The molecule has 0 fully saturated rings. The van der Waals surface area contributed by atoms with Crippen LogP contribution in [0.1, 0.15) is 11.4 Å². The predicted octanol–water partition coefficient (Wildman–Crippen LogP) is 0.0979. The van der Waals surface area contributed by atoms with Gasteiger partial charge in [-0.25, -0.2) is 4.98 Å². The van der Waals surface area contributed by atoms with E-state index < -0.39 is 0 Å². The first-order valence-corrected chi connectivity index (χ1v) is 3.68. The van der Waals surface area contributed by atoms with Crippen molar-refractivity contribution in [1.29, 1.82) is 0 Å². The summed E-state index contributed by atoms with van der Waals surface area (Å²) in [4.78, 5) is 7.37. The van der Waals surface area contributed by atoms with Crippen LogP contribution in [0.5, 0.6) is 0 Å². The third-order valence-corrected chi connectivity index (χ3v) is 1.90. The Bertz CT molecular complexity index is 196. The lowest BCUT2D eigenvalue weighted by Gasteiger charge is -1.93. The first kappa shape index (κ1) is 5.92. The van der Waals surface area contributed by atoms with Crippen molar-refractivity contribution in [3.05, 3.63) is 17.7 Å². The van der Waals surface area contributed by atoms with E-state index in [4.69, 9.17) is 0 Å². The maximum Gasteiger partial charge on any atom is 0.0925 e. The fraction of sp³-hybridized carbons (Fsp3) is 0.571. The summed E-state index contributed by atoms with van der Waals surface area (Å²) in [7, 11) is 0. The van der Waals surface area contributed by atoms with Gasteiger partial charge in [0, 0.05) is 31.6 Å². The average Bonchev–Trinajstić information content (AvgIpc) is 2.28. The Morgan fingerprint density at radius 2 is 2.20 bits per heavy atom. The second-order valence-electron chi connectivity index (χ2n) is 2.58. The smallest absolute Gasteiger partial charge is 0.0925 e. The van der Waals surface area contributed by atoms with Crippen molar-refractivity contribution in [3.63, 3.8) is 0 Å². The van der Waals surface area contributed by atoms with E-state index in [0.29, 0.717) is 0 Å². The lowest BCUT2D eigenvalue weighted by molar-refractivity contribution is 0.703. The number of hydrogen-bond donors (Lipinski definition) is 2. The molecule has 0 unspecified atom stereocenters. The second kappa shape index (κ2) is 2.42. The van der Waals surface area contributed by atoms with Crippen molar-refractivity contribution in [2.75, 3.05) is 13.1 Å². The monoisotopic (exact) mass is 137 g/mol. The van der Waals surface area contributed by atoms with Gasteiger partial charge in [-0.2, -0.15) is 0 Å². The fourth-order valence-electron chi connectivity index (χ4n) is 1.33. The first-order chi connectivity index (χ1) is 4.97. The van der Waals surface area contributed by atoms with Crippen LogP contribution in [0.25, 0.3) is 0 Å². The van der Waals surface area contributed by atoms with Crippen molar-refractivity contribution in [3.8, 4) is 0 Å². The standard InChI is InChI=1S/C7H11N3/c1-3-8-4-2-7-6(1)9-5-10-7/h5,8H,1-4H2,(H,9,10). The van der Waals surface area contributed by atoms with Crippen LogP contribution in [0.2, 0.25) is 0 Å². The van der Waals surface area contributed by atoms with Crippen LogP contribution in [0.15, 0.2) is 6.33 Å². The molecule has 3 nitrogen and oxygen atoms in total. The van der Waals surface area contributed by atoms with Crippen LogP contribution in [-0.4, -0.2) is 23.1 Å². The summed E-state index contributed by atoms with van der Waals surface area (Å²) in [6.45, 7) is 2.15. The number of aromatic amines is 1. The Labute approximate surface area is 59.9 Å². The van der Waals surface area contributed by atoms with Gasteiger partial charge in [-0.05, 0) is 0 Å². The van der Waals surface area contributed by atoms with Crippen molar-refractivity contribution in [2.45, 2.75) is 12.8 Å². The lowest BCUT2D eigenvalue weighted by Crippen LogP contribution is -2.16. The molecule has 0 aromatic carbocycles. The van der Waals surface area contributed by atoms with Gasteiger partial charge in [0.05, 0.1) is 12.0 Å². The van der Waals surface area contributed by atoms with Crippen LogP contribution >= 0.6 is 0 Å². The molecule has 54 valence electrons. The summed E-state index contributed by atoms with van der Waals surface area (Å²) in [6, 6.07) is 0. The summed E-state index contributed by atoms with van der Waals surface area (Å²) in [5.74, 6) is 0. The molecule has 0 radical (unpaired) electrons. The van der Waals surface area contributed by atoms with Gasteiger partial charge in [0.25, 0.3) is 0 Å². The number of fused-ring (bicyclic) bond motifs is 1. The fourth-order valence-corrected chi connectivity index (χ4v) is 1.33. The van der Waals surface area contributed by atoms with Gasteiger partial charge in [0.2, 0.25) is 0 Å². The van der Waals surface area contributed by atoms with E-state index in [1.807, 2.05) is 0 Å². The van der Waals surface area contributed by atoms with Crippen molar-refractivity contribution in [1.82, 2.24) is 15.3 Å². The zero-order chi connectivity index (χ0) is 6.81. The summed E-state index contributed by atoms with van der Waals surface area (Å²) in [5.41, 5.74) is 2.55. The van der Waals surface area contributed by atoms with Crippen molar-refractivity contribution in [2.24, 2.45) is 0 Å². The Morgan fingerprint density at radius 3 is 3.20 bits per heavy atom. The highest BCUT2D eigenvalue weighted by Gasteiger charge is 2.07. The summed E-state index contributed by atoms with van der Waals surface area (Å²) in [5, 5.41) is 3.32. The van der Waals surface area contributed by atoms with Gasteiger partial charge in [-0.1, -0.05) is 0 Å². The number of hydrogen-bond acceptors (Lipinski definition) is 2. The number of aromatic nitrogens is 2. The van der Waals surface area contributed by atoms with E-state index in [2.05, 4.69) is 15.3 Å². The highest BCUT2D eigenvalue weighted by Crippen LogP contribution is 2.05. The number of imidazole rings is 1. The van der Waals surface area contributed by atoms with Crippen molar-refractivity contribution >= 4 is 0 Å². The third-order valence-electron chi connectivity index (χ3n) is 1.90. The van der Waals surface area contributed by atoms with Gasteiger partial charge in [-0.3, -0.25) is 0 Å².